The summed E-state index contributed by atoms with van der Waals surface area (Å²) in [6.07, 6.45) is 1.52. The lowest BCUT2D eigenvalue weighted by atomic mass is 9.98. The molecule has 2 N–H and O–H groups in total. The van der Waals surface area contributed by atoms with Gasteiger partial charge in [-0.1, -0.05) is 18.2 Å². The highest BCUT2D eigenvalue weighted by Gasteiger charge is 2.57. The summed E-state index contributed by atoms with van der Waals surface area (Å²) in [6, 6.07) is 7.37. The van der Waals surface area contributed by atoms with E-state index in [-0.39, 0.29) is 11.9 Å². The minimum atomic E-state index is -1.19. The summed E-state index contributed by atoms with van der Waals surface area (Å²) in [5.74, 6) is -0.633. The Morgan fingerprint density at radius 2 is 2.05 bits per heavy atom. The SMILES string of the molecule is O=C(O)C1(C(=O)NC2CCOc3ccccc32)CC1. The summed E-state index contributed by atoms with van der Waals surface area (Å²) in [7, 11) is 0. The van der Waals surface area contributed by atoms with Gasteiger partial charge in [0.2, 0.25) is 5.91 Å². The van der Waals surface area contributed by atoms with Crippen LogP contribution in [0, 0.1) is 5.41 Å². The Bertz CT molecular complexity index is 536. The van der Waals surface area contributed by atoms with Crippen LogP contribution in [0.5, 0.6) is 5.75 Å². The average Bonchev–Trinajstić information content (AvgIpc) is 3.20. The topological polar surface area (TPSA) is 75.6 Å². The van der Waals surface area contributed by atoms with Crippen LogP contribution in [0.2, 0.25) is 0 Å². The zero-order valence-corrected chi connectivity index (χ0v) is 10.4. The van der Waals surface area contributed by atoms with Crippen LogP contribution >= 0.6 is 0 Å². The van der Waals surface area contributed by atoms with Crippen molar-refractivity contribution in [1.29, 1.82) is 0 Å². The van der Waals surface area contributed by atoms with Crippen LogP contribution in [-0.4, -0.2) is 23.6 Å². The van der Waals surface area contributed by atoms with Crippen molar-refractivity contribution in [2.24, 2.45) is 5.41 Å². The zero-order chi connectivity index (χ0) is 13.5. The summed E-state index contributed by atoms with van der Waals surface area (Å²) in [5.41, 5.74) is -0.268. The molecule has 2 aliphatic rings. The van der Waals surface area contributed by atoms with Gasteiger partial charge < -0.3 is 15.2 Å². The van der Waals surface area contributed by atoms with Crippen LogP contribution in [0.25, 0.3) is 0 Å². The second-order valence-electron chi connectivity index (χ2n) is 5.09. The van der Waals surface area contributed by atoms with E-state index >= 15 is 0 Å². The molecular weight excluding hydrogens is 246 g/mol. The number of para-hydroxylation sites is 1. The standard InChI is InChI=1S/C14H15NO4/c16-12(14(6-7-14)13(17)18)15-10-5-8-19-11-4-2-1-3-9(10)11/h1-4,10H,5-8H2,(H,15,16)(H,17,18). The molecule has 1 unspecified atom stereocenters. The maximum absolute atomic E-state index is 12.1. The maximum atomic E-state index is 12.1. The highest BCUT2D eigenvalue weighted by Crippen LogP contribution is 2.47. The fraction of sp³-hybridized carbons (Fsp3) is 0.429. The highest BCUT2D eigenvalue weighted by molar-refractivity contribution is 6.05. The predicted molar refractivity (Wildman–Crippen MR) is 66.7 cm³/mol. The van der Waals surface area contributed by atoms with Gasteiger partial charge in [-0.3, -0.25) is 9.59 Å². The normalized spacial score (nSPS) is 22.8. The number of carboxylic acid groups (broad SMARTS) is 1. The van der Waals surface area contributed by atoms with Gasteiger partial charge in [-0.15, -0.1) is 0 Å². The van der Waals surface area contributed by atoms with E-state index in [9.17, 15) is 9.59 Å². The molecule has 1 aromatic carbocycles. The van der Waals surface area contributed by atoms with Crippen molar-refractivity contribution in [2.75, 3.05) is 6.61 Å². The molecule has 3 rings (SSSR count). The van der Waals surface area contributed by atoms with Gasteiger partial charge in [0, 0.05) is 12.0 Å². The molecule has 0 radical (unpaired) electrons. The van der Waals surface area contributed by atoms with E-state index in [0.717, 1.165) is 11.3 Å². The van der Waals surface area contributed by atoms with Gasteiger partial charge in [-0.2, -0.15) is 0 Å². The van der Waals surface area contributed by atoms with Crippen LogP contribution in [0.1, 0.15) is 30.9 Å². The first-order valence-corrected chi connectivity index (χ1v) is 6.39. The van der Waals surface area contributed by atoms with Gasteiger partial charge >= 0.3 is 5.97 Å². The number of hydrogen-bond acceptors (Lipinski definition) is 3. The largest absolute Gasteiger partial charge is 0.493 e. The van der Waals surface area contributed by atoms with Crippen LogP contribution in [-0.2, 0) is 9.59 Å². The molecule has 1 aromatic rings. The molecule has 19 heavy (non-hydrogen) atoms. The number of amides is 1. The van der Waals surface area contributed by atoms with Crippen molar-refractivity contribution >= 4 is 11.9 Å². The first-order valence-electron chi connectivity index (χ1n) is 6.39. The molecule has 0 bridgehead atoms. The van der Waals surface area contributed by atoms with Crippen molar-refractivity contribution in [3.8, 4) is 5.75 Å². The first kappa shape index (κ1) is 12.0. The van der Waals surface area contributed by atoms with Crippen LogP contribution in [0.4, 0.5) is 0 Å². The molecule has 1 aliphatic carbocycles. The number of carboxylic acids is 1. The molecule has 1 aliphatic heterocycles. The monoisotopic (exact) mass is 261 g/mol. The number of fused-ring (bicyclic) bond motifs is 1. The Labute approximate surface area is 110 Å². The molecule has 1 fully saturated rings. The van der Waals surface area contributed by atoms with E-state index in [0.29, 0.717) is 25.9 Å². The molecule has 1 atom stereocenters. The van der Waals surface area contributed by atoms with E-state index in [2.05, 4.69) is 5.32 Å². The number of ether oxygens (including phenoxy) is 1. The maximum Gasteiger partial charge on any atom is 0.319 e. The average molecular weight is 261 g/mol. The summed E-state index contributed by atoms with van der Waals surface area (Å²) >= 11 is 0. The summed E-state index contributed by atoms with van der Waals surface area (Å²) < 4.78 is 5.52. The Kier molecular flexibility index (Phi) is 2.69. The Balaban J connectivity index is 1.78. The zero-order valence-electron chi connectivity index (χ0n) is 10.4. The van der Waals surface area contributed by atoms with Crippen LogP contribution < -0.4 is 10.1 Å². The number of nitrogens with one attached hydrogen (secondary N) is 1. The number of rotatable bonds is 3. The number of aliphatic carboxylic acids is 1. The van der Waals surface area contributed by atoms with Crippen molar-refractivity contribution < 1.29 is 19.4 Å². The van der Waals surface area contributed by atoms with Crippen molar-refractivity contribution in [1.82, 2.24) is 5.32 Å². The second-order valence-corrected chi connectivity index (χ2v) is 5.09. The van der Waals surface area contributed by atoms with Crippen molar-refractivity contribution in [3.05, 3.63) is 29.8 Å². The van der Waals surface area contributed by atoms with E-state index in [1.54, 1.807) is 0 Å². The van der Waals surface area contributed by atoms with Gasteiger partial charge in [-0.25, -0.2) is 0 Å². The fourth-order valence-corrected chi connectivity index (χ4v) is 2.45. The quantitative estimate of drug-likeness (QED) is 0.808. The van der Waals surface area contributed by atoms with Crippen LogP contribution in [0.3, 0.4) is 0 Å². The lowest BCUT2D eigenvalue weighted by Gasteiger charge is -2.27. The minimum Gasteiger partial charge on any atom is -0.493 e. The predicted octanol–water partition coefficient (Wildman–Crippen LogP) is 1.49. The molecule has 0 saturated heterocycles. The minimum absolute atomic E-state index is 0.158. The Hall–Kier alpha value is -2.04. The van der Waals surface area contributed by atoms with Crippen molar-refractivity contribution in [3.63, 3.8) is 0 Å². The molecule has 5 heteroatoms. The lowest BCUT2D eigenvalue weighted by molar-refractivity contribution is -0.149. The van der Waals surface area contributed by atoms with E-state index in [4.69, 9.17) is 9.84 Å². The molecular formula is C14H15NO4. The van der Waals surface area contributed by atoms with Gasteiger partial charge in [0.15, 0.2) is 0 Å². The third kappa shape index (κ3) is 1.95. The number of carbonyl (C=O) groups excluding carboxylic acids is 1. The number of benzene rings is 1. The summed E-state index contributed by atoms with van der Waals surface area (Å²) in [4.78, 5) is 23.2. The molecule has 1 amide bonds. The highest BCUT2D eigenvalue weighted by atomic mass is 16.5. The lowest BCUT2D eigenvalue weighted by Crippen LogP contribution is -2.40. The van der Waals surface area contributed by atoms with Crippen molar-refractivity contribution in [2.45, 2.75) is 25.3 Å². The first-order chi connectivity index (χ1) is 9.13. The number of carbonyl (C=O) groups is 2. The van der Waals surface area contributed by atoms with Gasteiger partial charge in [0.25, 0.3) is 0 Å². The molecule has 0 spiro atoms. The van der Waals surface area contributed by atoms with Crippen LogP contribution in [0.15, 0.2) is 24.3 Å². The molecule has 5 nitrogen and oxygen atoms in total. The van der Waals surface area contributed by atoms with E-state index < -0.39 is 11.4 Å². The number of hydrogen-bond donors (Lipinski definition) is 2. The van der Waals surface area contributed by atoms with Gasteiger partial charge in [0.05, 0.1) is 12.6 Å². The smallest absolute Gasteiger partial charge is 0.319 e. The second kappa shape index (κ2) is 4.26. The third-order valence-corrected chi connectivity index (χ3v) is 3.86. The van der Waals surface area contributed by atoms with Gasteiger partial charge in [-0.05, 0) is 18.9 Å². The summed E-state index contributed by atoms with van der Waals surface area (Å²) in [6.45, 7) is 0.530. The Morgan fingerprint density at radius 1 is 1.32 bits per heavy atom. The van der Waals surface area contributed by atoms with E-state index in [1.807, 2.05) is 24.3 Å². The molecule has 1 saturated carbocycles. The molecule has 100 valence electrons. The van der Waals surface area contributed by atoms with E-state index in [1.165, 1.54) is 0 Å². The molecule has 1 heterocycles. The molecule has 0 aromatic heterocycles. The van der Waals surface area contributed by atoms with Gasteiger partial charge in [0.1, 0.15) is 11.2 Å². The third-order valence-electron chi connectivity index (χ3n) is 3.86. The Morgan fingerprint density at radius 3 is 2.74 bits per heavy atom. The summed E-state index contributed by atoms with van der Waals surface area (Å²) in [5, 5.41) is 12.0. The fourth-order valence-electron chi connectivity index (χ4n) is 2.45.